The summed E-state index contributed by atoms with van der Waals surface area (Å²) in [5.74, 6) is -3.26. The fraction of sp³-hybridized carbons (Fsp3) is 0.286. The van der Waals surface area contributed by atoms with Crippen LogP contribution < -0.4 is 0 Å². The Hall–Kier alpha value is -2.88. The summed E-state index contributed by atoms with van der Waals surface area (Å²) >= 11 is 0. The lowest BCUT2D eigenvalue weighted by Crippen LogP contribution is -2.05. The van der Waals surface area contributed by atoms with Crippen molar-refractivity contribution in [2.75, 3.05) is 0 Å². The molecule has 0 N–H and O–H groups in total. The first kappa shape index (κ1) is 25.4. The quantitative estimate of drug-likeness (QED) is 0.264. The van der Waals surface area contributed by atoms with Crippen LogP contribution in [-0.2, 0) is 6.42 Å². The van der Waals surface area contributed by atoms with Gasteiger partial charge in [0, 0.05) is 11.1 Å². The maximum Gasteiger partial charge on any atom is 0.166 e. The van der Waals surface area contributed by atoms with Gasteiger partial charge in [-0.25, -0.2) is 17.6 Å². The minimum atomic E-state index is -1.11. The molecule has 0 nitrogen and oxygen atoms in total. The van der Waals surface area contributed by atoms with E-state index in [9.17, 15) is 17.6 Å². The van der Waals surface area contributed by atoms with Crippen LogP contribution in [0.4, 0.5) is 17.6 Å². The summed E-state index contributed by atoms with van der Waals surface area (Å²) in [7, 11) is 0. The van der Waals surface area contributed by atoms with E-state index in [4.69, 9.17) is 0 Å². The average molecular weight is 443 g/mol. The molecule has 0 amide bonds. The standard InChI is InChI=1S/C28H30F4/c1-17(2)25(29)26(30)21(6)20(5)11-7-18(3)10-14-23-15-16-24(28(32)27(23)31)22-12-8-19(4)9-13-22/h7,11-12,15-16,19H,1,3,5-6,8-10,13-14H2,2,4H3/b11-7-,26-25-. The van der Waals surface area contributed by atoms with Crippen molar-refractivity contribution in [3.8, 4) is 0 Å². The van der Waals surface area contributed by atoms with E-state index < -0.39 is 23.3 Å². The van der Waals surface area contributed by atoms with E-state index in [1.54, 1.807) is 18.2 Å². The van der Waals surface area contributed by atoms with Gasteiger partial charge in [0.15, 0.2) is 23.3 Å². The maximum atomic E-state index is 14.7. The van der Waals surface area contributed by atoms with Gasteiger partial charge >= 0.3 is 0 Å². The molecule has 32 heavy (non-hydrogen) atoms. The molecule has 0 aliphatic heterocycles. The number of hydrogen-bond acceptors (Lipinski definition) is 0. The van der Waals surface area contributed by atoms with Gasteiger partial charge in [-0.2, -0.15) is 0 Å². The summed E-state index contributed by atoms with van der Waals surface area (Å²) in [6.07, 6.45) is 8.26. The fourth-order valence-corrected chi connectivity index (χ4v) is 3.40. The molecule has 0 radical (unpaired) electrons. The lowest BCUT2D eigenvalue weighted by molar-refractivity contribution is 0.492. The zero-order chi connectivity index (χ0) is 24.0. The van der Waals surface area contributed by atoms with E-state index in [-0.39, 0.29) is 28.7 Å². The Balaban J connectivity index is 2.02. The van der Waals surface area contributed by atoms with Crippen molar-refractivity contribution in [3.05, 3.63) is 113 Å². The van der Waals surface area contributed by atoms with Crippen molar-refractivity contribution in [1.29, 1.82) is 0 Å². The highest BCUT2D eigenvalue weighted by atomic mass is 19.2. The predicted molar refractivity (Wildman–Crippen MR) is 126 cm³/mol. The molecule has 4 heteroatoms. The Morgan fingerprint density at radius 3 is 2.31 bits per heavy atom. The van der Waals surface area contributed by atoms with Gasteiger partial charge < -0.3 is 0 Å². The molecule has 2 rings (SSSR count). The molecular weight excluding hydrogens is 412 g/mol. The second kappa shape index (κ2) is 11.1. The minimum Gasteiger partial charge on any atom is -0.203 e. The number of hydrogen-bond donors (Lipinski definition) is 0. The van der Waals surface area contributed by atoms with Gasteiger partial charge in [-0.05, 0) is 67.2 Å². The fourth-order valence-electron chi connectivity index (χ4n) is 3.40. The Morgan fingerprint density at radius 1 is 1.03 bits per heavy atom. The smallest absolute Gasteiger partial charge is 0.166 e. The summed E-state index contributed by atoms with van der Waals surface area (Å²) in [6, 6.07) is 3.26. The summed E-state index contributed by atoms with van der Waals surface area (Å²) in [5, 5.41) is 0. The van der Waals surface area contributed by atoms with Crippen molar-refractivity contribution >= 4 is 5.57 Å². The highest BCUT2D eigenvalue weighted by Crippen LogP contribution is 2.33. The number of rotatable bonds is 9. The Kier molecular flexibility index (Phi) is 8.82. The average Bonchev–Trinajstić information content (AvgIpc) is 2.77. The SMILES string of the molecule is C=C(/C=C\C(=C)C(=C)/C(F)=C(/F)C(=C)C)CCc1ccc(C2=CCC(C)CC2)c(F)c1F. The van der Waals surface area contributed by atoms with Gasteiger partial charge in [-0.15, -0.1) is 0 Å². The second-order valence-electron chi connectivity index (χ2n) is 8.41. The molecule has 0 saturated carbocycles. The largest absolute Gasteiger partial charge is 0.203 e. The van der Waals surface area contributed by atoms with E-state index in [2.05, 4.69) is 33.2 Å². The van der Waals surface area contributed by atoms with Crippen LogP contribution in [0.1, 0.15) is 50.7 Å². The first-order valence-electron chi connectivity index (χ1n) is 10.6. The van der Waals surface area contributed by atoms with Gasteiger partial charge in [0.25, 0.3) is 0 Å². The summed E-state index contributed by atoms with van der Waals surface area (Å²) in [4.78, 5) is 0. The lowest BCUT2D eigenvalue weighted by atomic mass is 9.87. The van der Waals surface area contributed by atoms with Crippen molar-refractivity contribution in [1.82, 2.24) is 0 Å². The molecule has 1 aliphatic carbocycles. The molecule has 0 aromatic heterocycles. The Labute approximate surface area is 188 Å². The van der Waals surface area contributed by atoms with Crippen LogP contribution in [0.2, 0.25) is 0 Å². The molecule has 1 aromatic rings. The minimum absolute atomic E-state index is 0.0422. The van der Waals surface area contributed by atoms with Crippen LogP contribution in [0, 0.1) is 17.6 Å². The molecule has 1 unspecified atom stereocenters. The third-order valence-corrected chi connectivity index (χ3v) is 5.64. The van der Waals surface area contributed by atoms with Crippen LogP contribution in [0.5, 0.6) is 0 Å². The number of halogens is 4. The van der Waals surface area contributed by atoms with Gasteiger partial charge in [-0.3, -0.25) is 0 Å². The molecule has 1 atom stereocenters. The van der Waals surface area contributed by atoms with Gasteiger partial charge in [0.1, 0.15) is 0 Å². The van der Waals surface area contributed by atoms with Crippen molar-refractivity contribution < 1.29 is 17.6 Å². The van der Waals surface area contributed by atoms with E-state index in [0.717, 1.165) is 24.8 Å². The third kappa shape index (κ3) is 6.32. The maximum absolute atomic E-state index is 14.7. The van der Waals surface area contributed by atoms with Crippen LogP contribution in [0.15, 0.2) is 90.6 Å². The van der Waals surface area contributed by atoms with Crippen molar-refractivity contribution in [2.45, 2.75) is 46.0 Å². The van der Waals surface area contributed by atoms with Gasteiger partial charge in [-0.1, -0.05) is 69.2 Å². The van der Waals surface area contributed by atoms with Crippen LogP contribution >= 0.6 is 0 Å². The number of allylic oxidation sites excluding steroid dienone is 10. The zero-order valence-electron chi connectivity index (χ0n) is 18.8. The first-order valence-corrected chi connectivity index (χ1v) is 10.6. The predicted octanol–water partition coefficient (Wildman–Crippen LogP) is 9.05. The Morgan fingerprint density at radius 2 is 1.72 bits per heavy atom. The molecule has 0 saturated heterocycles. The molecule has 0 fully saturated rings. The second-order valence-corrected chi connectivity index (χ2v) is 8.41. The molecule has 1 aromatic carbocycles. The third-order valence-electron chi connectivity index (χ3n) is 5.64. The van der Waals surface area contributed by atoms with Crippen LogP contribution in [0.3, 0.4) is 0 Å². The molecule has 170 valence electrons. The summed E-state index contributed by atoms with van der Waals surface area (Å²) < 4.78 is 57.0. The lowest BCUT2D eigenvalue weighted by Gasteiger charge is -2.19. The zero-order valence-corrected chi connectivity index (χ0v) is 18.8. The van der Waals surface area contributed by atoms with E-state index in [1.807, 2.05) is 6.08 Å². The molecule has 1 aliphatic rings. The van der Waals surface area contributed by atoms with E-state index in [0.29, 0.717) is 23.5 Å². The van der Waals surface area contributed by atoms with Gasteiger partial charge in [0.2, 0.25) is 0 Å². The van der Waals surface area contributed by atoms with Crippen molar-refractivity contribution in [2.24, 2.45) is 5.92 Å². The van der Waals surface area contributed by atoms with Crippen molar-refractivity contribution in [3.63, 3.8) is 0 Å². The van der Waals surface area contributed by atoms with Crippen LogP contribution in [0.25, 0.3) is 5.57 Å². The molecular formula is C28H30F4. The van der Waals surface area contributed by atoms with Crippen LogP contribution in [-0.4, -0.2) is 0 Å². The molecule has 0 heterocycles. The molecule has 0 spiro atoms. The van der Waals surface area contributed by atoms with E-state index >= 15 is 0 Å². The topological polar surface area (TPSA) is 0 Å². The highest BCUT2D eigenvalue weighted by Gasteiger charge is 2.19. The first-order chi connectivity index (χ1) is 15.0. The number of aryl methyl sites for hydroxylation is 1. The normalized spacial score (nSPS) is 17.1. The summed E-state index contributed by atoms with van der Waals surface area (Å²) in [6.45, 7) is 17.9. The highest BCUT2D eigenvalue weighted by molar-refractivity contribution is 5.67. The van der Waals surface area contributed by atoms with Gasteiger partial charge in [0.05, 0.1) is 0 Å². The monoisotopic (exact) mass is 442 g/mol. The summed E-state index contributed by atoms with van der Waals surface area (Å²) in [5.41, 5.74) is 2.02. The molecule has 0 bridgehead atoms. The Bertz CT molecular complexity index is 1030. The number of benzene rings is 1. The van der Waals surface area contributed by atoms with E-state index in [1.165, 1.54) is 13.0 Å².